The van der Waals surface area contributed by atoms with Gasteiger partial charge in [0.15, 0.2) is 0 Å². The van der Waals surface area contributed by atoms with Gasteiger partial charge in [-0.3, -0.25) is 0 Å². The first-order chi connectivity index (χ1) is 9.26. The third kappa shape index (κ3) is 5.85. The molecule has 19 heavy (non-hydrogen) atoms. The van der Waals surface area contributed by atoms with Crippen LogP contribution in [-0.2, 0) is 0 Å². The fourth-order valence-electron chi connectivity index (χ4n) is 2.56. The third-order valence-corrected chi connectivity index (χ3v) is 8.20. The molecule has 0 aromatic carbocycles. The first-order valence-electron chi connectivity index (χ1n) is 7.99. The standard InChI is InChI=1S/C16H30O2Si/c1-4-7-13-19(14-8-5-2,15-9-6-3)18-16-11-10-12-17-16/h10-12H,4-9,13-15H2,1-3H3. The average molecular weight is 282 g/mol. The van der Waals surface area contributed by atoms with Crippen LogP contribution in [0.4, 0.5) is 0 Å². The molecular weight excluding hydrogens is 252 g/mol. The van der Waals surface area contributed by atoms with Gasteiger partial charge in [0.1, 0.15) is 0 Å². The van der Waals surface area contributed by atoms with Gasteiger partial charge in [0.2, 0.25) is 0 Å². The molecule has 0 aliphatic carbocycles. The normalized spacial score (nSPS) is 11.7. The highest BCUT2D eigenvalue weighted by Crippen LogP contribution is 2.31. The minimum Gasteiger partial charge on any atom is -0.519 e. The Morgan fingerprint density at radius 1 is 0.947 bits per heavy atom. The van der Waals surface area contributed by atoms with Gasteiger partial charge in [-0.25, -0.2) is 0 Å². The van der Waals surface area contributed by atoms with Crippen molar-refractivity contribution in [2.45, 2.75) is 77.4 Å². The van der Waals surface area contributed by atoms with Crippen molar-refractivity contribution in [3.8, 4) is 5.95 Å². The van der Waals surface area contributed by atoms with Crippen LogP contribution in [0.5, 0.6) is 5.95 Å². The minimum atomic E-state index is -1.66. The lowest BCUT2D eigenvalue weighted by molar-refractivity contribution is 0.372. The van der Waals surface area contributed by atoms with Gasteiger partial charge in [0.05, 0.1) is 6.26 Å². The molecule has 110 valence electrons. The Hall–Kier alpha value is -0.703. The molecule has 0 unspecified atom stereocenters. The van der Waals surface area contributed by atoms with Crippen molar-refractivity contribution in [2.24, 2.45) is 0 Å². The summed E-state index contributed by atoms with van der Waals surface area (Å²) in [6.45, 7) is 6.81. The summed E-state index contributed by atoms with van der Waals surface area (Å²) in [6, 6.07) is 7.73. The molecule has 0 atom stereocenters. The van der Waals surface area contributed by atoms with E-state index in [2.05, 4.69) is 20.8 Å². The molecule has 3 heteroatoms. The molecule has 0 spiro atoms. The molecule has 1 aromatic rings. The molecule has 0 amide bonds. The smallest absolute Gasteiger partial charge is 0.270 e. The highest BCUT2D eigenvalue weighted by Gasteiger charge is 2.35. The maximum Gasteiger partial charge on any atom is 0.270 e. The van der Waals surface area contributed by atoms with E-state index in [1.807, 2.05) is 12.1 Å². The van der Waals surface area contributed by atoms with E-state index in [1.54, 1.807) is 6.26 Å². The molecule has 0 fully saturated rings. The van der Waals surface area contributed by atoms with Crippen molar-refractivity contribution in [3.63, 3.8) is 0 Å². The molecule has 0 saturated carbocycles. The molecule has 0 aliphatic rings. The monoisotopic (exact) mass is 282 g/mol. The summed E-state index contributed by atoms with van der Waals surface area (Å²) >= 11 is 0. The second-order valence-corrected chi connectivity index (χ2v) is 9.60. The van der Waals surface area contributed by atoms with Gasteiger partial charge >= 0.3 is 0 Å². The van der Waals surface area contributed by atoms with E-state index >= 15 is 0 Å². The van der Waals surface area contributed by atoms with E-state index < -0.39 is 8.32 Å². The van der Waals surface area contributed by atoms with E-state index in [0.717, 1.165) is 5.95 Å². The van der Waals surface area contributed by atoms with E-state index in [0.29, 0.717) is 0 Å². The predicted molar refractivity (Wildman–Crippen MR) is 84.2 cm³/mol. The Balaban J connectivity index is 2.74. The lowest BCUT2D eigenvalue weighted by Gasteiger charge is -2.31. The molecule has 0 bridgehead atoms. The van der Waals surface area contributed by atoms with Crippen LogP contribution in [0.3, 0.4) is 0 Å². The highest BCUT2D eigenvalue weighted by atomic mass is 28.4. The Labute approximate surface area is 119 Å². The van der Waals surface area contributed by atoms with Gasteiger partial charge in [-0.2, -0.15) is 0 Å². The third-order valence-electron chi connectivity index (χ3n) is 3.77. The van der Waals surface area contributed by atoms with Crippen LogP contribution in [0.2, 0.25) is 18.1 Å². The lowest BCUT2D eigenvalue weighted by Crippen LogP contribution is -2.41. The summed E-state index contributed by atoms with van der Waals surface area (Å²) in [5.41, 5.74) is 0. The maximum atomic E-state index is 6.42. The van der Waals surface area contributed by atoms with Crippen LogP contribution in [0.1, 0.15) is 59.3 Å². The van der Waals surface area contributed by atoms with Gasteiger partial charge in [0, 0.05) is 6.07 Å². The van der Waals surface area contributed by atoms with E-state index in [-0.39, 0.29) is 0 Å². The second kappa shape index (κ2) is 9.24. The maximum absolute atomic E-state index is 6.42. The van der Waals surface area contributed by atoms with E-state index in [1.165, 1.54) is 56.7 Å². The van der Waals surface area contributed by atoms with Crippen molar-refractivity contribution >= 4 is 8.32 Å². The fourth-order valence-corrected chi connectivity index (χ4v) is 7.15. The van der Waals surface area contributed by atoms with Crippen LogP contribution in [-0.4, -0.2) is 8.32 Å². The predicted octanol–water partition coefficient (Wildman–Crippen LogP) is 6.00. The summed E-state index contributed by atoms with van der Waals surface area (Å²) in [5, 5.41) is 0. The van der Waals surface area contributed by atoms with E-state index in [9.17, 15) is 0 Å². The van der Waals surface area contributed by atoms with Crippen LogP contribution >= 0.6 is 0 Å². The second-order valence-electron chi connectivity index (χ2n) is 5.53. The van der Waals surface area contributed by atoms with Crippen LogP contribution in [0.15, 0.2) is 22.8 Å². The Morgan fingerprint density at radius 3 is 1.84 bits per heavy atom. The Kier molecular flexibility index (Phi) is 7.95. The summed E-state index contributed by atoms with van der Waals surface area (Å²) in [5.74, 6) is 0.745. The fraction of sp³-hybridized carbons (Fsp3) is 0.750. The molecule has 0 radical (unpaired) electrons. The van der Waals surface area contributed by atoms with Gasteiger partial charge in [-0.1, -0.05) is 59.3 Å². The largest absolute Gasteiger partial charge is 0.519 e. The zero-order valence-electron chi connectivity index (χ0n) is 12.9. The van der Waals surface area contributed by atoms with E-state index in [4.69, 9.17) is 8.84 Å². The first-order valence-corrected chi connectivity index (χ1v) is 10.5. The topological polar surface area (TPSA) is 22.4 Å². The molecule has 2 nitrogen and oxygen atoms in total. The molecule has 1 heterocycles. The van der Waals surface area contributed by atoms with Crippen molar-refractivity contribution < 1.29 is 8.84 Å². The summed E-state index contributed by atoms with van der Waals surface area (Å²) in [6.07, 6.45) is 9.37. The lowest BCUT2D eigenvalue weighted by atomic mass is 10.4. The molecular formula is C16H30O2Si. The van der Waals surface area contributed by atoms with Crippen LogP contribution in [0.25, 0.3) is 0 Å². The van der Waals surface area contributed by atoms with Gasteiger partial charge in [0.25, 0.3) is 14.3 Å². The number of hydrogen-bond acceptors (Lipinski definition) is 2. The first kappa shape index (κ1) is 16.4. The van der Waals surface area contributed by atoms with Gasteiger partial charge in [-0.15, -0.1) is 0 Å². The zero-order chi connectivity index (χ0) is 14.0. The number of furan rings is 1. The molecule has 1 rings (SSSR count). The minimum absolute atomic E-state index is 0.745. The Morgan fingerprint density at radius 2 is 1.47 bits per heavy atom. The number of rotatable bonds is 11. The SMILES string of the molecule is CCCC[Si](CCCC)(CCCC)Oc1ccco1. The van der Waals surface area contributed by atoms with Crippen molar-refractivity contribution in [1.82, 2.24) is 0 Å². The average Bonchev–Trinajstić information content (AvgIpc) is 2.93. The number of hydrogen-bond donors (Lipinski definition) is 0. The van der Waals surface area contributed by atoms with Crippen molar-refractivity contribution in [2.75, 3.05) is 0 Å². The van der Waals surface area contributed by atoms with Crippen LogP contribution in [0, 0.1) is 0 Å². The van der Waals surface area contributed by atoms with Crippen molar-refractivity contribution in [1.29, 1.82) is 0 Å². The summed E-state index contributed by atoms with van der Waals surface area (Å²) in [7, 11) is -1.66. The molecule has 0 aliphatic heterocycles. The van der Waals surface area contributed by atoms with Crippen LogP contribution < -0.4 is 4.43 Å². The summed E-state index contributed by atoms with van der Waals surface area (Å²) < 4.78 is 11.9. The molecule has 1 aromatic heterocycles. The quantitative estimate of drug-likeness (QED) is 0.464. The van der Waals surface area contributed by atoms with Crippen molar-refractivity contribution in [3.05, 3.63) is 18.4 Å². The zero-order valence-corrected chi connectivity index (χ0v) is 13.9. The van der Waals surface area contributed by atoms with Gasteiger partial charge in [-0.05, 0) is 24.2 Å². The molecule has 0 N–H and O–H groups in total. The highest BCUT2D eigenvalue weighted by molar-refractivity contribution is 6.74. The number of unbranched alkanes of at least 4 members (excludes halogenated alkanes) is 3. The molecule has 0 saturated heterocycles. The Bertz CT molecular complexity index is 287. The van der Waals surface area contributed by atoms with Gasteiger partial charge < -0.3 is 8.84 Å². The summed E-state index contributed by atoms with van der Waals surface area (Å²) in [4.78, 5) is 0.